The summed E-state index contributed by atoms with van der Waals surface area (Å²) in [5.74, 6) is 0. The Labute approximate surface area is 150 Å². The summed E-state index contributed by atoms with van der Waals surface area (Å²) in [4.78, 5) is 1.54. The third-order valence-electron chi connectivity index (χ3n) is 3.78. The van der Waals surface area contributed by atoms with Gasteiger partial charge in [-0.15, -0.1) is 11.3 Å². The summed E-state index contributed by atoms with van der Waals surface area (Å²) in [6.07, 6.45) is 1.15. The number of benzene rings is 1. The van der Waals surface area contributed by atoms with Gasteiger partial charge in [-0.3, -0.25) is 0 Å². The third-order valence-corrected chi connectivity index (χ3v) is 8.43. The molecule has 0 saturated heterocycles. The van der Waals surface area contributed by atoms with Gasteiger partial charge in [-0.2, -0.15) is 0 Å². The minimum atomic E-state index is 0.244. The summed E-state index contributed by atoms with van der Waals surface area (Å²) in [7, 11) is 0. The monoisotopic (exact) mass is 478 g/mol. The average molecular weight is 481 g/mol. The van der Waals surface area contributed by atoms with Gasteiger partial charge < -0.3 is 0 Å². The number of hydrogen-bond donors (Lipinski definition) is 0. The molecule has 20 heavy (non-hydrogen) atoms. The van der Waals surface area contributed by atoms with Crippen LogP contribution in [-0.4, -0.2) is 0 Å². The van der Waals surface area contributed by atoms with Gasteiger partial charge >= 0.3 is 0 Å². The molecule has 0 spiro atoms. The first-order valence-electron chi connectivity index (χ1n) is 6.54. The van der Waals surface area contributed by atoms with Gasteiger partial charge in [0.05, 0.1) is 8.61 Å². The lowest BCUT2D eigenvalue weighted by Gasteiger charge is -2.23. The van der Waals surface area contributed by atoms with Gasteiger partial charge in [0.1, 0.15) is 0 Å². The Bertz CT molecular complexity index is 565. The fourth-order valence-corrected chi connectivity index (χ4v) is 4.77. The van der Waals surface area contributed by atoms with Crippen molar-refractivity contribution in [2.45, 2.75) is 37.4 Å². The van der Waals surface area contributed by atoms with Crippen molar-refractivity contribution in [3.63, 3.8) is 0 Å². The van der Waals surface area contributed by atoms with Gasteiger partial charge in [-0.05, 0) is 60.9 Å². The van der Waals surface area contributed by atoms with E-state index in [4.69, 9.17) is 0 Å². The smallest absolute Gasteiger partial charge is 0.0843 e. The molecule has 1 unspecified atom stereocenters. The van der Waals surface area contributed by atoms with Crippen LogP contribution in [0.3, 0.4) is 0 Å². The van der Waals surface area contributed by atoms with Gasteiger partial charge in [0.15, 0.2) is 0 Å². The molecule has 2 aromatic rings. The van der Waals surface area contributed by atoms with Crippen LogP contribution in [0.4, 0.5) is 0 Å². The normalized spacial score (nSPS) is 13.5. The van der Waals surface area contributed by atoms with Crippen LogP contribution < -0.4 is 0 Å². The van der Waals surface area contributed by atoms with Gasteiger partial charge in [0.25, 0.3) is 0 Å². The van der Waals surface area contributed by atoms with E-state index in [1.807, 2.05) is 0 Å². The highest BCUT2D eigenvalue weighted by molar-refractivity contribution is 9.13. The Hall–Kier alpha value is 0.360. The van der Waals surface area contributed by atoms with E-state index in [2.05, 4.69) is 98.9 Å². The van der Waals surface area contributed by atoms with E-state index >= 15 is 0 Å². The lowest BCUT2D eigenvalue weighted by molar-refractivity contribution is 0.506. The summed E-state index contributed by atoms with van der Waals surface area (Å²) in [5.41, 5.74) is 2.94. The third kappa shape index (κ3) is 3.57. The molecule has 0 N–H and O–H groups in total. The van der Waals surface area contributed by atoms with Crippen molar-refractivity contribution < 1.29 is 0 Å². The highest BCUT2D eigenvalue weighted by Gasteiger charge is 2.19. The maximum atomic E-state index is 3.80. The maximum Gasteiger partial charge on any atom is 0.0843 e. The molecular weight excluding hydrogens is 464 g/mol. The van der Waals surface area contributed by atoms with Gasteiger partial charge in [0, 0.05) is 9.35 Å². The fraction of sp³-hybridized carbons (Fsp3) is 0.375. The number of hydrogen-bond acceptors (Lipinski definition) is 1. The van der Waals surface area contributed by atoms with Crippen LogP contribution in [0.2, 0.25) is 0 Å². The first-order valence-corrected chi connectivity index (χ1v) is 9.86. The molecule has 0 bridgehead atoms. The van der Waals surface area contributed by atoms with E-state index < -0.39 is 0 Å². The molecule has 1 aromatic carbocycles. The largest absolute Gasteiger partial charge is 0.131 e. The average Bonchev–Trinajstić information content (AvgIpc) is 2.78. The SMILES string of the molecule is CCC(C)(C)c1ccc(C(Br)c2cc(Br)c(Br)s2)cc1. The van der Waals surface area contributed by atoms with Crippen molar-refractivity contribution in [2.75, 3.05) is 0 Å². The highest BCUT2D eigenvalue weighted by atomic mass is 79.9. The van der Waals surface area contributed by atoms with Crippen LogP contribution in [0.5, 0.6) is 0 Å². The topological polar surface area (TPSA) is 0 Å². The standard InChI is InChI=1S/C16H17Br3S/c1-4-16(2,3)11-7-5-10(6-8-11)14(18)13-9-12(17)15(19)20-13/h5-9,14H,4H2,1-3H3. The summed E-state index contributed by atoms with van der Waals surface area (Å²) in [6, 6.07) is 11.1. The molecule has 0 aliphatic heterocycles. The van der Waals surface area contributed by atoms with Crippen LogP contribution in [0.15, 0.2) is 38.6 Å². The van der Waals surface area contributed by atoms with Crippen LogP contribution >= 0.6 is 59.1 Å². The number of thiophene rings is 1. The van der Waals surface area contributed by atoms with Crippen molar-refractivity contribution in [3.8, 4) is 0 Å². The fourth-order valence-electron chi connectivity index (χ4n) is 1.96. The zero-order valence-corrected chi connectivity index (χ0v) is 17.3. The molecule has 0 aliphatic carbocycles. The molecule has 1 atom stereocenters. The first kappa shape index (κ1) is 16.7. The van der Waals surface area contributed by atoms with Crippen molar-refractivity contribution >= 4 is 59.1 Å². The molecule has 0 aliphatic rings. The Morgan fingerprint density at radius 1 is 1.15 bits per heavy atom. The van der Waals surface area contributed by atoms with E-state index in [9.17, 15) is 0 Å². The molecule has 0 amide bonds. The molecule has 0 nitrogen and oxygen atoms in total. The Kier molecular flexibility index (Phi) is 5.55. The van der Waals surface area contributed by atoms with Gasteiger partial charge in [-0.1, -0.05) is 61.0 Å². The molecule has 1 heterocycles. The molecule has 4 heteroatoms. The maximum absolute atomic E-state index is 3.80. The van der Waals surface area contributed by atoms with Crippen LogP contribution in [0.25, 0.3) is 0 Å². The number of rotatable bonds is 4. The highest BCUT2D eigenvalue weighted by Crippen LogP contribution is 2.41. The first-order chi connectivity index (χ1) is 9.35. The Balaban J connectivity index is 2.26. The van der Waals surface area contributed by atoms with Gasteiger partial charge in [-0.25, -0.2) is 0 Å². The lowest BCUT2D eigenvalue weighted by atomic mass is 9.82. The van der Waals surface area contributed by atoms with E-state index in [0.29, 0.717) is 0 Å². The Morgan fingerprint density at radius 2 is 1.75 bits per heavy atom. The quantitative estimate of drug-likeness (QED) is 0.399. The minimum absolute atomic E-state index is 0.244. The van der Waals surface area contributed by atoms with Crippen molar-refractivity contribution in [2.24, 2.45) is 0 Å². The summed E-state index contributed by atoms with van der Waals surface area (Å²) in [6.45, 7) is 6.82. The van der Waals surface area contributed by atoms with E-state index in [-0.39, 0.29) is 10.2 Å². The second-order valence-corrected chi connectivity index (χ2v) is 9.66. The van der Waals surface area contributed by atoms with Crippen LogP contribution in [0.1, 0.15) is 48.0 Å². The summed E-state index contributed by atoms with van der Waals surface area (Å²) in [5, 5.41) is 0. The van der Waals surface area contributed by atoms with E-state index in [1.165, 1.54) is 16.0 Å². The van der Waals surface area contributed by atoms with E-state index in [1.54, 1.807) is 11.3 Å². The number of halogens is 3. The van der Waals surface area contributed by atoms with Crippen LogP contribution in [0, 0.1) is 0 Å². The van der Waals surface area contributed by atoms with E-state index in [0.717, 1.165) is 14.7 Å². The molecule has 0 fully saturated rings. The zero-order valence-electron chi connectivity index (χ0n) is 11.7. The molecule has 0 radical (unpaired) electrons. The lowest BCUT2D eigenvalue weighted by Crippen LogP contribution is -2.15. The molecular formula is C16H17Br3S. The zero-order chi connectivity index (χ0) is 14.9. The van der Waals surface area contributed by atoms with Crippen molar-refractivity contribution in [3.05, 3.63) is 54.6 Å². The number of alkyl halides is 1. The van der Waals surface area contributed by atoms with Crippen molar-refractivity contribution in [1.29, 1.82) is 0 Å². The molecule has 108 valence electrons. The molecule has 2 rings (SSSR count). The molecule has 0 saturated carbocycles. The predicted molar refractivity (Wildman–Crippen MR) is 100 cm³/mol. The summed E-state index contributed by atoms with van der Waals surface area (Å²) >= 11 is 12.7. The van der Waals surface area contributed by atoms with Gasteiger partial charge in [0.2, 0.25) is 0 Å². The van der Waals surface area contributed by atoms with Crippen molar-refractivity contribution in [1.82, 2.24) is 0 Å². The summed E-state index contributed by atoms with van der Waals surface area (Å²) < 4.78 is 2.26. The predicted octanol–water partition coefficient (Wildman–Crippen LogP) is 7.45. The van der Waals surface area contributed by atoms with Crippen LogP contribution in [-0.2, 0) is 5.41 Å². The second-order valence-electron chi connectivity index (χ2n) is 5.49. The molecule has 1 aromatic heterocycles. The minimum Gasteiger partial charge on any atom is -0.131 e. The second kappa shape index (κ2) is 6.64. The Morgan fingerprint density at radius 3 is 2.20 bits per heavy atom.